The minimum absolute atomic E-state index is 0.215. The Hall–Kier alpha value is -2.95. The van der Waals surface area contributed by atoms with Crippen LogP contribution in [0.5, 0.6) is 0 Å². The Morgan fingerprint density at radius 1 is 0.920 bits per heavy atom. The molecule has 5 heteroatoms. The molecule has 1 aliphatic heterocycles. The molecule has 2 aromatic carbocycles. The lowest BCUT2D eigenvalue weighted by atomic mass is 10.0. The molecule has 5 nitrogen and oxygen atoms in total. The van der Waals surface area contributed by atoms with Crippen molar-refractivity contribution < 1.29 is 14.4 Å². The van der Waals surface area contributed by atoms with Crippen molar-refractivity contribution in [3.05, 3.63) is 65.2 Å². The van der Waals surface area contributed by atoms with E-state index >= 15 is 0 Å². The van der Waals surface area contributed by atoms with E-state index in [1.807, 2.05) is 32.9 Å². The number of aryl methyl sites for hydroxylation is 1. The molecule has 1 atom stereocenters. The van der Waals surface area contributed by atoms with Gasteiger partial charge in [0, 0.05) is 5.69 Å². The van der Waals surface area contributed by atoms with E-state index in [9.17, 15) is 14.4 Å². The molecule has 1 aliphatic rings. The van der Waals surface area contributed by atoms with Gasteiger partial charge >= 0.3 is 0 Å². The van der Waals surface area contributed by atoms with Crippen molar-refractivity contribution in [1.29, 1.82) is 0 Å². The lowest BCUT2D eigenvalue weighted by Crippen LogP contribution is -2.50. The smallest absolute Gasteiger partial charge is 0.262 e. The molecular formula is C20H20N2O3. The summed E-state index contributed by atoms with van der Waals surface area (Å²) in [6, 6.07) is 13.2. The standard InChI is InChI=1S/C20H20N2O3/c1-12(2)17(18(23)21-14-10-8-13(3)9-11-14)22-19(24)15-6-4-5-7-16(15)20(22)25/h4-12,17H,1-3H3,(H,21,23)/t17-/m1/s1. The Morgan fingerprint density at radius 2 is 1.44 bits per heavy atom. The van der Waals surface area contributed by atoms with Crippen molar-refractivity contribution in [1.82, 2.24) is 4.90 Å². The van der Waals surface area contributed by atoms with Crippen LogP contribution in [0.1, 0.15) is 40.1 Å². The summed E-state index contributed by atoms with van der Waals surface area (Å²) in [6.45, 7) is 5.60. The van der Waals surface area contributed by atoms with Crippen molar-refractivity contribution in [3.8, 4) is 0 Å². The number of amides is 3. The number of carbonyl (C=O) groups is 3. The van der Waals surface area contributed by atoms with Crippen LogP contribution in [0.15, 0.2) is 48.5 Å². The first-order valence-electron chi connectivity index (χ1n) is 8.24. The fourth-order valence-corrected chi connectivity index (χ4v) is 3.03. The fraction of sp³-hybridized carbons (Fsp3) is 0.250. The first-order valence-corrected chi connectivity index (χ1v) is 8.24. The number of nitrogens with zero attached hydrogens (tertiary/aromatic N) is 1. The van der Waals surface area contributed by atoms with Gasteiger partial charge in [-0.2, -0.15) is 0 Å². The number of hydrogen-bond acceptors (Lipinski definition) is 3. The van der Waals surface area contributed by atoms with E-state index in [4.69, 9.17) is 0 Å². The van der Waals surface area contributed by atoms with Gasteiger partial charge in [-0.3, -0.25) is 19.3 Å². The monoisotopic (exact) mass is 336 g/mol. The Morgan fingerprint density at radius 3 is 1.92 bits per heavy atom. The number of imide groups is 1. The highest BCUT2D eigenvalue weighted by Gasteiger charge is 2.43. The molecule has 0 spiro atoms. The molecule has 0 bridgehead atoms. The first kappa shape index (κ1) is 16.9. The largest absolute Gasteiger partial charge is 0.324 e. The van der Waals surface area contributed by atoms with E-state index in [2.05, 4.69) is 5.32 Å². The average Bonchev–Trinajstić information content (AvgIpc) is 2.83. The third-order valence-corrected chi connectivity index (χ3v) is 4.32. The quantitative estimate of drug-likeness (QED) is 0.872. The number of nitrogens with one attached hydrogen (secondary N) is 1. The maximum atomic E-state index is 12.8. The molecule has 0 radical (unpaired) electrons. The number of hydrogen-bond donors (Lipinski definition) is 1. The SMILES string of the molecule is Cc1ccc(NC(=O)[C@@H](C(C)C)N2C(=O)c3ccccc3C2=O)cc1. The highest BCUT2D eigenvalue weighted by atomic mass is 16.2. The summed E-state index contributed by atoms with van der Waals surface area (Å²) >= 11 is 0. The predicted molar refractivity (Wildman–Crippen MR) is 95.4 cm³/mol. The highest BCUT2D eigenvalue weighted by Crippen LogP contribution is 2.27. The van der Waals surface area contributed by atoms with Gasteiger partial charge in [0.05, 0.1) is 11.1 Å². The zero-order chi connectivity index (χ0) is 18.1. The molecule has 0 unspecified atom stereocenters. The van der Waals surface area contributed by atoms with Gasteiger partial charge in [0.2, 0.25) is 5.91 Å². The molecule has 25 heavy (non-hydrogen) atoms. The van der Waals surface area contributed by atoms with Gasteiger partial charge in [-0.15, -0.1) is 0 Å². The molecular weight excluding hydrogens is 316 g/mol. The molecule has 0 fully saturated rings. The summed E-state index contributed by atoms with van der Waals surface area (Å²) in [5.41, 5.74) is 2.42. The molecule has 0 aromatic heterocycles. The first-order chi connectivity index (χ1) is 11.9. The lowest BCUT2D eigenvalue weighted by molar-refractivity contribution is -0.121. The van der Waals surface area contributed by atoms with Crippen LogP contribution in [-0.2, 0) is 4.79 Å². The van der Waals surface area contributed by atoms with E-state index < -0.39 is 17.9 Å². The van der Waals surface area contributed by atoms with Gasteiger partial charge < -0.3 is 5.32 Å². The van der Waals surface area contributed by atoms with Crippen molar-refractivity contribution in [2.45, 2.75) is 26.8 Å². The molecule has 1 heterocycles. The molecule has 0 aliphatic carbocycles. The predicted octanol–water partition coefficient (Wildman–Crippen LogP) is 3.25. The molecule has 3 rings (SSSR count). The summed E-state index contributed by atoms with van der Waals surface area (Å²) in [4.78, 5) is 39.3. The Bertz CT molecular complexity index is 805. The summed E-state index contributed by atoms with van der Waals surface area (Å²) in [7, 11) is 0. The highest BCUT2D eigenvalue weighted by molar-refractivity contribution is 6.23. The number of anilines is 1. The van der Waals surface area contributed by atoms with Crippen LogP contribution in [0, 0.1) is 12.8 Å². The zero-order valence-corrected chi connectivity index (χ0v) is 14.4. The summed E-state index contributed by atoms with van der Waals surface area (Å²) in [5.74, 6) is -1.42. The van der Waals surface area contributed by atoms with Gasteiger partial charge in [-0.25, -0.2) is 0 Å². The summed E-state index contributed by atoms with van der Waals surface area (Å²) in [5, 5.41) is 2.81. The van der Waals surface area contributed by atoms with Crippen LogP contribution in [0.2, 0.25) is 0 Å². The summed E-state index contributed by atoms with van der Waals surface area (Å²) in [6.07, 6.45) is 0. The van der Waals surface area contributed by atoms with Gasteiger partial charge in [0.1, 0.15) is 6.04 Å². The lowest BCUT2D eigenvalue weighted by Gasteiger charge is -2.28. The third-order valence-electron chi connectivity index (χ3n) is 4.32. The van der Waals surface area contributed by atoms with E-state index in [-0.39, 0.29) is 11.8 Å². The minimum atomic E-state index is -0.867. The number of benzene rings is 2. The Balaban J connectivity index is 1.89. The fourth-order valence-electron chi connectivity index (χ4n) is 3.03. The van der Waals surface area contributed by atoms with Crippen LogP contribution in [-0.4, -0.2) is 28.7 Å². The summed E-state index contributed by atoms with van der Waals surface area (Å²) < 4.78 is 0. The topological polar surface area (TPSA) is 66.5 Å². The van der Waals surface area contributed by atoms with Gasteiger partial charge in [-0.1, -0.05) is 43.7 Å². The van der Waals surface area contributed by atoms with Crippen molar-refractivity contribution >= 4 is 23.4 Å². The van der Waals surface area contributed by atoms with E-state index in [0.717, 1.165) is 10.5 Å². The molecule has 2 aromatic rings. The average molecular weight is 336 g/mol. The number of rotatable bonds is 4. The minimum Gasteiger partial charge on any atom is -0.324 e. The molecule has 128 valence electrons. The van der Waals surface area contributed by atoms with Crippen LogP contribution in [0.4, 0.5) is 5.69 Å². The van der Waals surface area contributed by atoms with E-state index in [0.29, 0.717) is 16.8 Å². The molecule has 0 saturated heterocycles. The van der Waals surface area contributed by atoms with E-state index in [1.54, 1.807) is 36.4 Å². The van der Waals surface area contributed by atoms with Crippen LogP contribution >= 0.6 is 0 Å². The Kier molecular flexibility index (Phi) is 4.40. The second-order valence-corrected chi connectivity index (χ2v) is 6.57. The third kappa shape index (κ3) is 3.05. The Labute approximate surface area is 146 Å². The maximum Gasteiger partial charge on any atom is 0.262 e. The van der Waals surface area contributed by atoms with Gasteiger partial charge in [-0.05, 0) is 37.1 Å². The van der Waals surface area contributed by atoms with Gasteiger partial charge in [0.25, 0.3) is 11.8 Å². The van der Waals surface area contributed by atoms with Crippen molar-refractivity contribution in [2.75, 3.05) is 5.32 Å². The number of carbonyl (C=O) groups excluding carboxylic acids is 3. The number of fused-ring (bicyclic) bond motifs is 1. The maximum absolute atomic E-state index is 12.8. The molecule has 3 amide bonds. The second-order valence-electron chi connectivity index (χ2n) is 6.57. The van der Waals surface area contributed by atoms with E-state index in [1.165, 1.54) is 0 Å². The zero-order valence-electron chi connectivity index (χ0n) is 14.4. The normalized spacial score (nSPS) is 14.6. The van der Waals surface area contributed by atoms with Crippen molar-refractivity contribution in [3.63, 3.8) is 0 Å². The second kappa shape index (κ2) is 6.51. The van der Waals surface area contributed by atoms with Crippen LogP contribution in [0.3, 0.4) is 0 Å². The van der Waals surface area contributed by atoms with Crippen LogP contribution in [0.25, 0.3) is 0 Å². The molecule has 0 saturated carbocycles. The van der Waals surface area contributed by atoms with Crippen molar-refractivity contribution in [2.24, 2.45) is 5.92 Å². The molecule has 1 N–H and O–H groups in total. The van der Waals surface area contributed by atoms with Gasteiger partial charge in [0.15, 0.2) is 0 Å². The van der Waals surface area contributed by atoms with Crippen LogP contribution < -0.4 is 5.32 Å².